The second-order valence-corrected chi connectivity index (χ2v) is 13.9. The molecule has 0 aliphatic carbocycles. The maximum Gasteiger partial charge on any atom is 0.221 e. The van der Waals surface area contributed by atoms with Gasteiger partial charge in [-0.15, -0.1) is 0 Å². The van der Waals surface area contributed by atoms with Gasteiger partial charge in [0.25, 0.3) is 0 Å². The van der Waals surface area contributed by atoms with Gasteiger partial charge >= 0.3 is 0 Å². The van der Waals surface area contributed by atoms with Gasteiger partial charge in [-0.25, -0.2) is 9.97 Å². The summed E-state index contributed by atoms with van der Waals surface area (Å²) in [6.45, 7) is 0. The molecule has 0 amide bonds. The highest BCUT2D eigenvalue weighted by Gasteiger charge is 2.21. The molecule has 12 aromatic rings. The molecule has 0 spiro atoms. The molecule has 0 saturated carbocycles. The minimum Gasteiger partial charge on any atom is -0.309 e. The lowest BCUT2D eigenvalue weighted by Crippen LogP contribution is -2.06. The van der Waals surface area contributed by atoms with Crippen molar-refractivity contribution in [3.05, 3.63) is 176 Å². The van der Waals surface area contributed by atoms with E-state index in [1.54, 1.807) is 0 Å². The predicted octanol–water partition coefficient (Wildman–Crippen LogP) is 12.1. The number of aromatic nitrogens is 5. The standard InChI is InChI=1S/C48H29N5/c1-2-13-33(14-3-1)51-45-29-32(23-25-36(45)37-26-22-30-12-4-5-15-34(30)46(37)51)31-24-27-43-39(28-31)35-16-7-10-20-42(35)52(43)48-50-40-18-8-6-17-38(40)47-49-41-19-9-11-21-44(41)53(47)48/h1-29H. The van der Waals surface area contributed by atoms with E-state index in [0.29, 0.717) is 0 Å². The molecule has 0 aliphatic rings. The van der Waals surface area contributed by atoms with Gasteiger partial charge in [-0.1, -0.05) is 115 Å². The van der Waals surface area contributed by atoms with Crippen LogP contribution >= 0.6 is 0 Å². The Hall–Kier alpha value is -7.24. The molecule has 0 N–H and O–H groups in total. The number of fused-ring (bicyclic) bond motifs is 13. The van der Waals surface area contributed by atoms with Gasteiger partial charge in [0, 0.05) is 38.0 Å². The number of hydrogen-bond acceptors (Lipinski definition) is 2. The number of imidazole rings is 1. The molecule has 5 heteroatoms. The van der Waals surface area contributed by atoms with Crippen LogP contribution in [0.15, 0.2) is 176 Å². The average Bonchev–Trinajstić information content (AvgIpc) is 3.89. The Kier molecular flexibility index (Phi) is 5.71. The fourth-order valence-corrected chi connectivity index (χ4v) is 8.65. The van der Waals surface area contributed by atoms with E-state index in [2.05, 4.69) is 177 Å². The third-order valence-electron chi connectivity index (χ3n) is 11.0. The fourth-order valence-electron chi connectivity index (χ4n) is 8.65. The molecular formula is C48H29N5. The van der Waals surface area contributed by atoms with Gasteiger partial charge < -0.3 is 4.57 Å². The minimum absolute atomic E-state index is 0.826. The Morgan fingerprint density at radius 3 is 1.89 bits per heavy atom. The lowest BCUT2D eigenvalue weighted by atomic mass is 10.0. The maximum absolute atomic E-state index is 5.35. The SMILES string of the molecule is c1ccc(-n2c3cc(-c4ccc5c(c4)c4ccccc4n5-c4nc5ccccc5c5nc6ccccc6n45)ccc3c3ccc4ccccc4c32)cc1. The molecule has 12 rings (SSSR count). The van der Waals surface area contributed by atoms with Crippen molar-refractivity contribution in [2.75, 3.05) is 0 Å². The fraction of sp³-hybridized carbons (Fsp3) is 0. The average molecular weight is 676 g/mol. The minimum atomic E-state index is 0.826. The van der Waals surface area contributed by atoms with Gasteiger partial charge in [0.1, 0.15) is 5.65 Å². The molecule has 0 saturated heterocycles. The van der Waals surface area contributed by atoms with Gasteiger partial charge in [-0.05, 0) is 77.2 Å². The van der Waals surface area contributed by atoms with E-state index in [0.717, 1.165) is 50.3 Å². The summed E-state index contributed by atoms with van der Waals surface area (Å²) in [5.41, 5.74) is 11.9. The largest absolute Gasteiger partial charge is 0.309 e. The molecule has 246 valence electrons. The zero-order valence-corrected chi connectivity index (χ0v) is 28.5. The highest BCUT2D eigenvalue weighted by molar-refractivity contribution is 6.19. The van der Waals surface area contributed by atoms with Crippen molar-refractivity contribution in [3.8, 4) is 22.8 Å². The van der Waals surface area contributed by atoms with E-state index in [4.69, 9.17) is 9.97 Å². The predicted molar refractivity (Wildman–Crippen MR) is 220 cm³/mol. The van der Waals surface area contributed by atoms with Gasteiger partial charge in [0.15, 0.2) is 0 Å². The molecular weight excluding hydrogens is 647 g/mol. The Balaban J connectivity index is 1.13. The molecule has 0 aliphatic heterocycles. The molecule has 4 heterocycles. The first-order chi connectivity index (χ1) is 26.3. The normalized spacial score (nSPS) is 12.2. The topological polar surface area (TPSA) is 40.0 Å². The van der Waals surface area contributed by atoms with Crippen molar-refractivity contribution in [2.24, 2.45) is 0 Å². The molecule has 0 fully saturated rings. The van der Waals surface area contributed by atoms with Crippen LogP contribution in [0.4, 0.5) is 0 Å². The van der Waals surface area contributed by atoms with Crippen molar-refractivity contribution in [1.82, 2.24) is 23.5 Å². The third-order valence-corrected chi connectivity index (χ3v) is 11.0. The Labute approximate surface area is 303 Å². The van der Waals surface area contributed by atoms with Crippen molar-refractivity contribution in [3.63, 3.8) is 0 Å². The molecule has 0 bridgehead atoms. The van der Waals surface area contributed by atoms with Crippen LogP contribution in [-0.2, 0) is 0 Å². The van der Waals surface area contributed by atoms with Gasteiger partial charge in [0.2, 0.25) is 5.95 Å². The lowest BCUT2D eigenvalue weighted by Gasteiger charge is -2.12. The second-order valence-electron chi connectivity index (χ2n) is 13.9. The molecule has 0 unspecified atom stereocenters. The zero-order valence-electron chi connectivity index (χ0n) is 28.5. The summed E-state index contributed by atoms with van der Waals surface area (Å²) in [4.78, 5) is 10.5. The number of benzene rings is 8. The van der Waals surface area contributed by atoms with Crippen LogP contribution in [0.3, 0.4) is 0 Å². The van der Waals surface area contributed by atoms with Gasteiger partial charge in [-0.3, -0.25) is 8.97 Å². The van der Waals surface area contributed by atoms with Crippen molar-refractivity contribution < 1.29 is 0 Å². The first-order valence-corrected chi connectivity index (χ1v) is 18.0. The van der Waals surface area contributed by atoms with E-state index in [-0.39, 0.29) is 0 Å². The monoisotopic (exact) mass is 675 g/mol. The summed E-state index contributed by atoms with van der Waals surface area (Å²) in [6.07, 6.45) is 0. The first-order valence-electron chi connectivity index (χ1n) is 18.0. The van der Waals surface area contributed by atoms with E-state index in [9.17, 15) is 0 Å². The first kappa shape index (κ1) is 28.5. The van der Waals surface area contributed by atoms with Crippen LogP contribution in [0.2, 0.25) is 0 Å². The highest BCUT2D eigenvalue weighted by Crippen LogP contribution is 2.40. The molecule has 53 heavy (non-hydrogen) atoms. The maximum atomic E-state index is 5.35. The second kappa shape index (κ2) is 10.6. The molecule has 4 aromatic heterocycles. The number of para-hydroxylation sites is 5. The summed E-state index contributed by atoms with van der Waals surface area (Å²) < 4.78 is 6.97. The number of rotatable bonds is 3. The summed E-state index contributed by atoms with van der Waals surface area (Å²) in [5, 5.41) is 8.39. The van der Waals surface area contributed by atoms with E-state index in [1.807, 2.05) is 12.1 Å². The van der Waals surface area contributed by atoms with Crippen LogP contribution in [0, 0.1) is 0 Å². The third kappa shape index (κ3) is 3.96. The van der Waals surface area contributed by atoms with Crippen LogP contribution in [0.25, 0.3) is 105 Å². The zero-order chi connectivity index (χ0) is 34.6. The molecule has 8 aromatic carbocycles. The quantitative estimate of drug-likeness (QED) is 0.187. The van der Waals surface area contributed by atoms with Crippen molar-refractivity contribution >= 4 is 82.0 Å². The number of nitrogens with zero attached hydrogens (tertiary/aromatic N) is 5. The van der Waals surface area contributed by atoms with E-state index in [1.165, 1.54) is 54.5 Å². The Bertz CT molecular complexity index is 3460. The molecule has 0 atom stereocenters. The van der Waals surface area contributed by atoms with E-state index >= 15 is 0 Å². The van der Waals surface area contributed by atoms with Crippen molar-refractivity contribution in [2.45, 2.75) is 0 Å². The lowest BCUT2D eigenvalue weighted by molar-refractivity contribution is 0.979. The molecule has 0 radical (unpaired) electrons. The number of hydrogen-bond donors (Lipinski definition) is 0. The summed E-state index contributed by atoms with van der Waals surface area (Å²) in [5.74, 6) is 0.826. The summed E-state index contributed by atoms with van der Waals surface area (Å²) in [7, 11) is 0. The smallest absolute Gasteiger partial charge is 0.221 e. The van der Waals surface area contributed by atoms with Crippen molar-refractivity contribution in [1.29, 1.82) is 0 Å². The van der Waals surface area contributed by atoms with Crippen LogP contribution in [0.1, 0.15) is 0 Å². The summed E-state index contributed by atoms with van der Waals surface area (Å²) in [6, 6.07) is 63.1. The van der Waals surface area contributed by atoms with Crippen LogP contribution < -0.4 is 0 Å². The highest BCUT2D eigenvalue weighted by atomic mass is 15.2. The van der Waals surface area contributed by atoms with Gasteiger partial charge in [0.05, 0.1) is 38.6 Å². The summed E-state index contributed by atoms with van der Waals surface area (Å²) >= 11 is 0. The van der Waals surface area contributed by atoms with Crippen LogP contribution in [-0.4, -0.2) is 23.5 Å². The van der Waals surface area contributed by atoms with Crippen LogP contribution in [0.5, 0.6) is 0 Å². The van der Waals surface area contributed by atoms with Gasteiger partial charge in [-0.2, -0.15) is 0 Å². The molecule has 5 nitrogen and oxygen atoms in total. The Morgan fingerprint density at radius 2 is 1.00 bits per heavy atom. The Morgan fingerprint density at radius 1 is 0.358 bits per heavy atom. The van der Waals surface area contributed by atoms with E-state index < -0.39 is 0 Å².